The lowest BCUT2D eigenvalue weighted by molar-refractivity contribution is 0.202. The number of aliphatic hydroxyl groups is 1. The van der Waals surface area contributed by atoms with E-state index in [1.807, 2.05) is 30.3 Å². The summed E-state index contributed by atoms with van der Waals surface area (Å²) in [5.41, 5.74) is 5.08. The van der Waals surface area contributed by atoms with Gasteiger partial charge in [-0.05, 0) is 35.7 Å². The number of hydrogen-bond donors (Lipinski definition) is 1. The van der Waals surface area contributed by atoms with E-state index in [0.717, 1.165) is 11.7 Å². The monoisotopic (exact) mass is 360 g/mol. The first-order valence-electron chi connectivity index (χ1n) is 9.41. The van der Waals surface area contributed by atoms with E-state index in [9.17, 15) is 5.11 Å². The molecule has 0 radical (unpaired) electrons. The second kappa shape index (κ2) is 8.16. The molecular formula is C24H25OP. The molecule has 0 bridgehead atoms. The van der Waals surface area contributed by atoms with E-state index in [1.165, 1.54) is 24.0 Å². The molecule has 1 N–H and O–H groups in total. The van der Waals surface area contributed by atoms with E-state index in [2.05, 4.69) is 60.7 Å². The molecule has 1 fully saturated rings. The molecule has 1 nitrogen and oxygen atoms in total. The molecule has 1 aliphatic rings. The highest BCUT2D eigenvalue weighted by Gasteiger charge is 2.38. The van der Waals surface area contributed by atoms with Gasteiger partial charge in [0, 0.05) is 11.3 Å². The Morgan fingerprint density at radius 2 is 1.12 bits per heavy atom. The van der Waals surface area contributed by atoms with Crippen molar-refractivity contribution in [3.05, 3.63) is 108 Å². The van der Waals surface area contributed by atoms with Crippen LogP contribution in [-0.4, -0.2) is 11.3 Å². The van der Waals surface area contributed by atoms with E-state index >= 15 is 0 Å². The third kappa shape index (κ3) is 3.75. The van der Waals surface area contributed by atoms with Crippen LogP contribution in [0.1, 0.15) is 47.0 Å². The highest BCUT2D eigenvalue weighted by molar-refractivity contribution is 7.58. The summed E-state index contributed by atoms with van der Waals surface area (Å²) in [6.07, 6.45) is 2.93. The van der Waals surface area contributed by atoms with Gasteiger partial charge >= 0.3 is 0 Å². The smallest absolute Gasteiger partial charge is 0.0829 e. The summed E-state index contributed by atoms with van der Waals surface area (Å²) in [6.45, 7) is 0. The normalized spacial score (nSPS) is 21.6. The van der Waals surface area contributed by atoms with Gasteiger partial charge in [-0.15, -0.1) is 0 Å². The molecule has 4 rings (SSSR count). The second-order valence-corrected chi connectivity index (χ2v) is 9.69. The summed E-state index contributed by atoms with van der Waals surface area (Å²) >= 11 is 0. The number of rotatable bonds is 5. The van der Waals surface area contributed by atoms with Crippen molar-refractivity contribution >= 4 is 7.92 Å². The van der Waals surface area contributed by atoms with Crippen LogP contribution in [-0.2, 0) is 0 Å². The minimum absolute atomic E-state index is 0.338. The van der Waals surface area contributed by atoms with Crippen molar-refractivity contribution in [2.24, 2.45) is 0 Å². The summed E-state index contributed by atoms with van der Waals surface area (Å²) in [7, 11) is -0.338. The summed E-state index contributed by atoms with van der Waals surface area (Å²) in [4.78, 5) is 0. The van der Waals surface area contributed by atoms with Crippen molar-refractivity contribution < 1.29 is 5.11 Å². The highest BCUT2D eigenvalue weighted by atomic mass is 31.1. The Morgan fingerprint density at radius 1 is 0.692 bits per heavy atom. The van der Waals surface area contributed by atoms with Crippen LogP contribution < -0.4 is 0 Å². The van der Waals surface area contributed by atoms with E-state index in [4.69, 9.17) is 0 Å². The SMILES string of the molecule is O[C@@H](CP1[C@@H](c2ccccc2)CC[C@@H]1c1ccccc1)c1ccccc1. The maximum absolute atomic E-state index is 10.9. The van der Waals surface area contributed by atoms with Crippen LogP contribution in [0.15, 0.2) is 91.0 Å². The topological polar surface area (TPSA) is 20.2 Å². The van der Waals surface area contributed by atoms with Gasteiger partial charge < -0.3 is 5.11 Å². The average molecular weight is 360 g/mol. The van der Waals surface area contributed by atoms with Crippen LogP contribution in [0.2, 0.25) is 0 Å². The van der Waals surface area contributed by atoms with Crippen molar-refractivity contribution in [1.29, 1.82) is 0 Å². The van der Waals surface area contributed by atoms with Crippen LogP contribution in [0.5, 0.6) is 0 Å². The molecule has 3 atom stereocenters. The maximum atomic E-state index is 10.9. The van der Waals surface area contributed by atoms with Gasteiger partial charge in [0.25, 0.3) is 0 Å². The molecule has 1 aliphatic heterocycles. The Kier molecular flexibility index (Phi) is 5.48. The molecule has 0 aromatic heterocycles. The minimum Gasteiger partial charge on any atom is -0.388 e. The predicted molar refractivity (Wildman–Crippen MR) is 111 cm³/mol. The van der Waals surface area contributed by atoms with Gasteiger partial charge in [-0.3, -0.25) is 0 Å². The fraction of sp³-hybridized carbons (Fsp3) is 0.250. The molecule has 1 heterocycles. The Labute approximate surface area is 157 Å². The summed E-state index contributed by atoms with van der Waals surface area (Å²) in [6, 6.07) is 32.0. The minimum atomic E-state index is -0.377. The molecule has 26 heavy (non-hydrogen) atoms. The van der Waals surface area contributed by atoms with Crippen molar-refractivity contribution in [3.63, 3.8) is 0 Å². The fourth-order valence-corrected chi connectivity index (χ4v) is 7.79. The van der Waals surface area contributed by atoms with E-state index in [1.54, 1.807) is 0 Å². The summed E-state index contributed by atoms with van der Waals surface area (Å²) in [5, 5.41) is 10.9. The van der Waals surface area contributed by atoms with Crippen LogP contribution in [0.4, 0.5) is 0 Å². The largest absolute Gasteiger partial charge is 0.388 e. The second-order valence-electron chi connectivity index (χ2n) is 7.05. The molecule has 0 amide bonds. The van der Waals surface area contributed by atoms with Gasteiger partial charge in [-0.1, -0.05) is 98.9 Å². The first-order valence-corrected chi connectivity index (χ1v) is 11.1. The van der Waals surface area contributed by atoms with Gasteiger partial charge in [-0.2, -0.15) is 0 Å². The molecule has 0 saturated carbocycles. The Hall–Kier alpha value is -1.95. The van der Waals surface area contributed by atoms with Crippen molar-refractivity contribution in [1.82, 2.24) is 0 Å². The van der Waals surface area contributed by atoms with Crippen LogP contribution in [0.25, 0.3) is 0 Å². The van der Waals surface area contributed by atoms with Gasteiger partial charge in [0.05, 0.1) is 6.10 Å². The Bertz CT molecular complexity index is 756. The van der Waals surface area contributed by atoms with Gasteiger partial charge in [-0.25, -0.2) is 0 Å². The predicted octanol–water partition coefficient (Wildman–Crippen LogP) is 6.48. The highest BCUT2D eigenvalue weighted by Crippen LogP contribution is 2.71. The first kappa shape index (κ1) is 17.5. The zero-order valence-corrected chi connectivity index (χ0v) is 15.8. The van der Waals surface area contributed by atoms with E-state index < -0.39 is 0 Å². The number of hydrogen-bond acceptors (Lipinski definition) is 1. The number of aliphatic hydroxyl groups excluding tert-OH is 1. The standard InChI is InChI=1S/C24H25OP/c25-22(19-10-4-1-5-11-19)18-26-23(20-12-6-2-7-13-20)16-17-24(26)21-14-8-3-9-15-21/h1-15,22-25H,16-18H2/t22-,23+,24+/m0/s1. The summed E-state index contributed by atoms with van der Waals surface area (Å²) < 4.78 is 0. The van der Waals surface area contributed by atoms with Crippen molar-refractivity contribution in [2.45, 2.75) is 30.3 Å². The Balaban J connectivity index is 1.63. The van der Waals surface area contributed by atoms with E-state index in [-0.39, 0.29) is 14.0 Å². The van der Waals surface area contributed by atoms with Gasteiger partial charge in [0.1, 0.15) is 0 Å². The molecule has 3 aromatic carbocycles. The molecule has 3 aromatic rings. The van der Waals surface area contributed by atoms with Crippen molar-refractivity contribution in [2.75, 3.05) is 6.16 Å². The fourth-order valence-electron chi connectivity index (χ4n) is 4.17. The summed E-state index contributed by atoms with van der Waals surface area (Å²) in [5.74, 6) is 0. The molecule has 2 heteroatoms. The average Bonchev–Trinajstić information content (AvgIpc) is 3.13. The third-order valence-electron chi connectivity index (χ3n) is 5.45. The zero-order chi connectivity index (χ0) is 17.8. The molecule has 0 spiro atoms. The van der Waals surface area contributed by atoms with Crippen LogP contribution >= 0.6 is 7.92 Å². The first-order chi connectivity index (χ1) is 12.8. The lowest BCUT2D eigenvalue weighted by Gasteiger charge is -2.29. The molecule has 0 unspecified atom stereocenters. The third-order valence-corrected chi connectivity index (χ3v) is 8.93. The molecular weight excluding hydrogens is 335 g/mol. The quantitative estimate of drug-likeness (QED) is 0.516. The van der Waals surface area contributed by atoms with Gasteiger partial charge in [0.15, 0.2) is 0 Å². The Morgan fingerprint density at radius 3 is 1.58 bits per heavy atom. The zero-order valence-electron chi connectivity index (χ0n) is 14.9. The lowest BCUT2D eigenvalue weighted by Crippen LogP contribution is -2.06. The van der Waals surface area contributed by atoms with Crippen LogP contribution in [0.3, 0.4) is 0 Å². The van der Waals surface area contributed by atoms with Crippen molar-refractivity contribution in [3.8, 4) is 0 Å². The number of benzene rings is 3. The molecule has 0 aliphatic carbocycles. The maximum Gasteiger partial charge on any atom is 0.0829 e. The van der Waals surface area contributed by atoms with E-state index in [0.29, 0.717) is 11.3 Å². The lowest BCUT2D eigenvalue weighted by atomic mass is 10.0. The molecule has 1 saturated heterocycles. The van der Waals surface area contributed by atoms with Gasteiger partial charge in [0.2, 0.25) is 0 Å². The van der Waals surface area contributed by atoms with Crippen LogP contribution in [0, 0.1) is 0 Å². The molecule has 132 valence electrons.